The van der Waals surface area contributed by atoms with Gasteiger partial charge in [-0.25, -0.2) is 0 Å². The van der Waals surface area contributed by atoms with E-state index in [0.29, 0.717) is 11.8 Å². The summed E-state index contributed by atoms with van der Waals surface area (Å²) in [4.78, 5) is 17.0. The topological polar surface area (TPSA) is 32.8 Å². The molecule has 162 valence electrons. The van der Waals surface area contributed by atoms with Gasteiger partial charge in [0.15, 0.2) is 0 Å². The van der Waals surface area contributed by atoms with Gasteiger partial charge in [-0.15, -0.1) is 11.3 Å². The van der Waals surface area contributed by atoms with Crippen LogP contribution in [0.2, 0.25) is 0 Å². The number of epoxide rings is 1. The third-order valence-corrected chi connectivity index (χ3v) is 7.65. The molecule has 0 aromatic carbocycles. The van der Waals surface area contributed by atoms with E-state index >= 15 is 0 Å². The van der Waals surface area contributed by atoms with Gasteiger partial charge in [0.25, 0.3) is 0 Å². The molecule has 2 fully saturated rings. The summed E-state index contributed by atoms with van der Waals surface area (Å²) in [5.74, 6) is 7.42. The Kier molecular flexibility index (Phi) is 5.90. The predicted octanol–water partition coefficient (Wildman–Crippen LogP) is 6.18. The van der Waals surface area contributed by atoms with Gasteiger partial charge < -0.3 is 9.64 Å². The standard InChI is InChI=1S/C26H35NO2S/c1-18-6-7-23(19(2)14-18)24(28)27(20-8-12-26(13-9-20)17-29-26)21-15-22(30-16-21)10-11-25(3,4)5/h6,15-16,19-20,23H,7-9,12-14,17H2,1-5H3/t19-,20?,23-,26?/m0/s1. The lowest BCUT2D eigenvalue weighted by atomic mass is 9.79. The number of ether oxygens (including phenoxy) is 1. The summed E-state index contributed by atoms with van der Waals surface area (Å²) in [6, 6.07) is 2.40. The largest absolute Gasteiger partial charge is 0.370 e. The van der Waals surface area contributed by atoms with Gasteiger partial charge in [0.1, 0.15) is 0 Å². The van der Waals surface area contributed by atoms with Crippen LogP contribution >= 0.6 is 11.3 Å². The minimum atomic E-state index is -0.0245. The van der Waals surface area contributed by atoms with E-state index in [4.69, 9.17) is 4.74 Å². The molecule has 2 atom stereocenters. The lowest BCUT2D eigenvalue weighted by Gasteiger charge is -2.39. The van der Waals surface area contributed by atoms with E-state index in [2.05, 4.69) is 68.9 Å². The number of hydrogen-bond donors (Lipinski definition) is 0. The van der Waals surface area contributed by atoms with Crippen LogP contribution in [0, 0.1) is 29.1 Å². The Morgan fingerprint density at radius 1 is 1.30 bits per heavy atom. The van der Waals surface area contributed by atoms with Crippen molar-refractivity contribution in [1.29, 1.82) is 0 Å². The molecule has 4 heteroatoms. The molecule has 1 aromatic heterocycles. The lowest BCUT2D eigenvalue weighted by Crippen LogP contribution is -2.47. The zero-order chi connectivity index (χ0) is 21.5. The van der Waals surface area contributed by atoms with Crippen LogP contribution in [0.25, 0.3) is 0 Å². The Labute approximate surface area is 185 Å². The number of anilines is 1. The summed E-state index contributed by atoms with van der Waals surface area (Å²) in [5.41, 5.74) is 2.57. The summed E-state index contributed by atoms with van der Waals surface area (Å²) in [5, 5.41) is 2.14. The minimum absolute atomic E-state index is 0.0245. The van der Waals surface area contributed by atoms with Crippen LogP contribution in [0.15, 0.2) is 23.1 Å². The van der Waals surface area contributed by atoms with E-state index in [0.717, 1.165) is 55.7 Å². The smallest absolute Gasteiger partial charge is 0.230 e. The molecule has 0 radical (unpaired) electrons. The fraction of sp³-hybridized carbons (Fsp3) is 0.654. The van der Waals surface area contributed by atoms with Crippen LogP contribution in [0.4, 0.5) is 5.69 Å². The normalized spacial score (nSPS) is 31.0. The highest BCUT2D eigenvalue weighted by molar-refractivity contribution is 7.11. The van der Waals surface area contributed by atoms with Crippen molar-refractivity contribution in [2.24, 2.45) is 17.3 Å². The SMILES string of the molecule is CC1=CC[C@H](C(=O)N(c2csc(C#CC(C)(C)C)c2)C2CCC3(CC2)CO3)[C@@H](C)C1. The first-order valence-electron chi connectivity index (χ1n) is 11.4. The fourth-order valence-electron chi connectivity index (χ4n) is 4.88. The number of thiophene rings is 1. The summed E-state index contributed by atoms with van der Waals surface area (Å²) in [6.45, 7) is 11.7. The van der Waals surface area contributed by atoms with Crippen molar-refractivity contribution in [3.63, 3.8) is 0 Å². The first-order chi connectivity index (χ1) is 14.2. The number of carbonyl (C=O) groups excluding carboxylic acids is 1. The van der Waals surface area contributed by atoms with Crippen LogP contribution < -0.4 is 4.90 Å². The second-order valence-electron chi connectivity index (χ2n) is 10.7. The molecular weight excluding hydrogens is 390 g/mol. The van der Waals surface area contributed by atoms with Gasteiger partial charge in [0, 0.05) is 22.8 Å². The van der Waals surface area contributed by atoms with Crippen LogP contribution in [-0.4, -0.2) is 24.2 Å². The van der Waals surface area contributed by atoms with Gasteiger partial charge >= 0.3 is 0 Å². The number of nitrogens with zero attached hydrogens (tertiary/aromatic N) is 1. The zero-order valence-electron chi connectivity index (χ0n) is 19.1. The van der Waals surface area contributed by atoms with Crippen molar-refractivity contribution in [3.8, 4) is 11.8 Å². The molecule has 3 nitrogen and oxygen atoms in total. The average molecular weight is 426 g/mol. The Balaban J connectivity index is 1.60. The number of amides is 1. The van der Waals surface area contributed by atoms with E-state index in [1.54, 1.807) is 11.3 Å². The molecule has 1 aromatic rings. The minimum Gasteiger partial charge on any atom is -0.370 e. The first kappa shape index (κ1) is 21.7. The van der Waals surface area contributed by atoms with Crippen LogP contribution in [0.5, 0.6) is 0 Å². The monoisotopic (exact) mass is 425 g/mol. The average Bonchev–Trinajstić information content (AvgIpc) is 3.26. The molecule has 1 saturated heterocycles. The van der Waals surface area contributed by atoms with E-state index < -0.39 is 0 Å². The molecule has 3 aliphatic rings. The third kappa shape index (κ3) is 4.84. The molecule has 2 aliphatic carbocycles. The van der Waals surface area contributed by atoms with E-state index in [-0.39, 0.29) is 23.0 Å². The van der Waals surface area contributed by atoms with E-state index in [9.17, 15) is 4.79 Å². The molecular formula is C26H35NO2S. The Morgan fingerprint density at radius 3 is 2.60 bits per heavy atom. The van der Waals surface area contributed by atoms with Gasteiger partial charge in [-0.3, -0.25) is 4.79 Å². The van der Waals surface area contributed by atoms with Crippen LogP contribution in [0.3, 0.4) is 0 Å². The van der Waals surface area contributed by atoms with Gasteiger partial charge in [-0.05, 0) is 78.2 Å². The maximum absolute atomic E-state index is 13.9. The zero-order valence-corrected chi connectivity index (χ0v) is 19.9. The second kappa shape index (κ2) is 8.17. The predicted molar refractivity (Wildman–Crippen MR) is 125 cm³/mol. The Hall–Kier alpha value is -1.57. The Morgan fingerprint density at radius 2 is 2.00 bits per heavy atom. The molecule has 1 saturated carbocycles. The van der Waals surface area contributed by atoms with Crippen molar-refractivity contribution >= 4 is 22.9 Å². The van der Waals surface area contributed by atoms with Crippen LogP contribution in [0.1, 0.15) is 78.0 Å². The Bertz CT molecular complexity index is 880. The van der Waals surface area contributed by atoms with Crippen molar-refractivity contribution in [1.82, 2.24) is 0 Å². The van der Waals surface area contributed by atoms with Gasteiger partial charge in [-0.1, -0.05) is 30.4 Å². The summed E-state index contributed by atoms with van der Waals surface area (Å²) in [6.07, 6.45) is 8.35. The highest BCUT2D eigenvalue weighted by Gasteiger charge is 2.48. The quantitative estimate of drug-likeness (QED) is 0.329. The first-order valence-corrected chi connectivity index (χ1v) is 12.3. The molecule has 0 bridgehead atoms. The van der Waals surface area contributed by atoms with Gasteiger partial charge in [0.05, 0.1) is 22.8 Å². The summed E-state index contributed by atoms with van der Waals surface area (Å²) in [7, 11) is 0. The van der Waals surface area contributed by atoms with Crippen molar-refractivity contribution in [3.05, 3.63) is 28.0 Å². The lowest BCUT2D eigenvalue weighted by molar-refractivity contribution is -0.124. The van der Waals surface area contributed by atoms with E-state index in [1.807, 2.05) is 0 Å². The molecule has 1 aliphatic heterocycles. The molecule has 2 heterocycles. The van der Waals surface area contributed by atoms with Gasteiger partial charge in [-0.2, -0.15) is 0 Å². The molecule has 0 N–H and O–H groups in total. The molecule has 1 amide bonds. The molecule has 30 heavy (non-hydrogen) atoms. The highest BCUT2D eigenvalue weighted by atomic mass is 32.1. The van der Waals surface area contributed by atoms with E-state index in [1.165, 1.54) is 5.57 Å². The van der Waals surface area contributed by atoms with Crippen molar-refractivity contribution < 1.29 is 9.53 Å². The van der Waals surface area contributed by atoms with Gasteiger partial charge in [0.2, 0.25) is 5.91 Å². The van der Waals surface area contributed by atoms with Crippen LogP contribution in [-0.2, 0) is 9.53 Å². The third-order valence-electron chi connectivity index (χ3n) is 6.81. The van der Waals surface area contributed by atoms with Crippen molar-refractivity contribution in [2.45, 2.75) is 84.8 Å². The highest BCUT2D eigenvalue weighted by Crippen LogP contribution is 2.44. The van der Waals surface area contributed by atoms with Crippen molar-refractivity contribution in [2.75, 3.05) is 11.5 Å². The summed E-state index contributed by atoms with van der Waals surface area (Å²) >= 11 is 1.66. The maximum Gasteiger partial charge on any atom is 0.230 e. The molecule has 4 rings (SSSR count). The number of allylic oxidation sites excluding steroid dienone is 2. The number of carbonyl (C=O) groups is 1. The second-order valence-corrected chi connectivity index (χ2v) is 11.6. The molecule has 1 spiro atoms. The number of hydrogen-bond acceptors (Lipinski definition) is 3. The fourth-order valence-corrected chi connectivity index (χ4v) is 5.61. The number of rotatable bonds is 3. The molecule has 0 unspecified atom stereocenters. The summed E-state index contributed by atoms with van der Waals surface area (Å²) < 4.78 is 5.72. The maximum atomic E-state index is 13.9.